The van der Waals surface area contributed by atoms with Gasteiger partial charge in [0.05, 0.1) is 16.6 Å². The normalized spacial score (nSPS) is 11.6. The average molecular weight is 389 g/mol. The summed E-state index contributed by atoms with van der Waals surface area (Å²) in [6, 6.07) is 11.8. The number of benzene rings is 2. The van der Waals surface area contributed by atoms with E-state index in [1.54, 1.807) is 25.1 Å². The molecule has 3 aromatic rings. The molecule has 1 heterocycles. The van der Waals surface area contributed by atoms with Crippen molar-refractivity contribution >= 4 is 16.7 Å². The van der Waals surface area contributed by atoms with Gasteiger partial charge >= 0.3 is 6.18 Å². The van der Waals surface area contributed by atoms with Gasteiger partial charge in [-0.15, -0.1) is 0 Å². The molecule has 5 nitrogen and oxygen atoms in total. The van der Waals surface area contributed by atoms with Crippen molar-refractivity contribution in [2.24, 2.45) is 0 Å². The van der Waals surface area contributed by atoms with Crippen LogP contribution in [0.15, 0.2) is 53.3 Å². The number of nitrogens with one attached hydrogen (secondary N) is 1. The molecule has 0 saturated heterocycles. The van der Waals surface area contributed by atoms with Crippen LogP contribution in [0, 0.1) is 6.92 Å². The van der Waals surface area contributed by atoms with E-state index in [0.29, 0.717) is 23.1 Å². The van der Waals surface area contributed by atoms with Crippen molar-refractivity contribution in [1.82, 2.24) is 15.1 Å². The number of nitrogens with zero attached hydrogens (tertiary/aromatic N) is 2. The van der Waals surface area contributed by atoms with Gasteiger partial charge in [-0.05, 0) is 37.1 Å². The van der Waals surface area contributed by atoms with Gasteiger partial charge in [-0.3, -0.25) is 9.59 Å². The fourth-order valence-electron chi connectivity index (χ4n) is 2.91. The summed E-state index contributed by atoms with van der Waals surface area (Å²) < 4.78 is 38.8. The van der Waals surface area contributed by atoms with E-state index < -0.39 is 17.6 Å². The number of hydrogen-bond donors (Lipinski definition) is 1. The minimum Gasteiger partial charge on any atom is -0.354 e. The molecule has 0 bridgehead atoms. The molecule has 0 aliphatic carbocycles. The van der Waals surface area contributed by atoms with Crippen molar-refractivity contribution in [3.8, 4) is 0 Å². The molecular formula is C20H18F3N3O2. The fourth-order valence-corrected chi connectivity index (χ4v) is 2.91. The maximum atomic E-state index is 12.6. The van der Waals surface area contributed by atoms with Gasteiger partial charge in [-0.25, -0.2) is 4.68 Å². The number of rotatable bonds is 5. The molecule has 0 radical (unpaired) electrons. The second-order valence-electron chi connectivity index (χ2n) is 6.39. The molecule has 2 aromatic carbocycles. The van der Waals surface area contributed by atoms with Gasteiger partial charge in [0.1, 0.15) is 6.54 Å². The Balaban J connectivity index is 1.60. The minimum absolute atomic E-state index is 0.225. The highest BCUT2D eigenvalue weighted by molar-refractivity contribution is 5.83. The number of carbonyl (C=O) groups is 1. The summed E-state index contributed by atoms with van der Waals surface area (Å²) in [7, 11) is 0. The molecule has 1 aromatic heterocycles. The second-order valence-corrected chi connectivity index (χ2v) is 6.39. The Hall–Kier alpha value is -3.16. The lowest BCUT2D eigenvalue weighted by molar-refractivity contribution is -0.137. The third-order valence-electron chi connectivity index (χ3n) is 4.36. The van der Waals surface area contributed by atoms with E-state index in [1.165, 1.54) is 12.1 Å². The Morgan fingerprint density at radius 2 is 1.71 bits per heavy atom. The molecular weight excluding hydrogens is 371 g/mol. The van der Waals surface area contributed by atoms with Gasteiger partial charge in [-0.1, -0.05) is 30.3 Å². The van der Waals surface area contributed by atoms with Crippen LogP contribution in [0.3, 0.4) is 0 Å². The maximum absolute atomic E-state index is 12.6. The molecule has 0 saturated carbocycles. The number of alkyl halides is 3. The van der Waals surface area contributed by atoms with E-state index in [1.807, 2.05) is 6.07 Å². The Labute approximate surface area is 158 Å². The van der Waals surface area contributed by atoms with Gasteiger partial charge < -0.3 is 5.32 Å². The van der Waals surface area contributed by atoms with Crippen LogP contribution in [0.4, 0.5) is 13.2 Å². The van der Waals surface area contributed by atoms with Crippen molar-refractivity contribution in [1.29, 1.82) is 0 Å². The van der Waals surface area contributed by atoms with Crippen LogP contribution >= 0.6 is 0 Å². The summed E-state index contributed by atoms with van der Waals surface area (Å²) in [5.74, 6) is -0.392. The molecule has 28 heavy (non-hydrogen) atoms. The number of aromatic nitrogens is 2. The number of hydrogen-bond acceptors (Lipinski definition) is 3. The molecule has 1 amide bonds. The van der Waals surface area contributed by atoms with Crippen molar-refractivity contribution in [2.75, 3.05) is 6.54 Å². The maximum Gasteiger partial charge on any atom is 0.416 e. The Morgan fingerprint density at radius 3 is 2.36 bits per heavy atom. The predicted octanol–water partition coefficient (Wildman–Crippen LogP) is 3.08. The molecule has 0 spiro atoms. The highest BCUT2D eigenvalue weighted by atomic mass is 19.4. The molecule has 146 valence electrons. The highest BCUT2D eigenvalue weighted by Crippen LogP contribution is 2.29. The van der Waals surface area contributed by atoms with Gasteiger partial charge in [0.2, 0.25) is 5.91 Å². The zero-order valence-electron chi connectivity index (χ0n) is 15.1. The molecule has 0 aliphatic rings. The molecule has 0 fully saturated rings. The van der Waals surface area contributed by atoms with Crippen LogP contribution in [0.1, 0.15) is 16.8 Å². The van der Waals surface area contributed by atoms with Crippen LogP contribution < -0.4 is 10.9 Å². The average Bonchev–Trinajstić information content (AvgIpc) is 2.65. The lowest BCUT2D eigenvalue weighted by atomic mass is 10.1. The smallest absolute Gasteiger partial charge is 0.354 e. The van der Waals surface area contributed by atoms with Crippen LogP contribution in [0.25, 0.3) is 10.8 Å². The Bertz CT molecular complexity index is 1060. The lowest BCUT2D eigenvalue weighted by Gasteiger charge is -2.10. The van der Waals surface area contributed by atoms with Gasteiger partial charge in [0.15, 0.2) is 0 Å². The number of amides is 1. The van der Waals surface area contributed by atoms with E-state index in [-0.39, 0.29) is 18.6 Å². The van der Waals surface area contributed by atoms with Crippen molar-refractivity contribution in [3.63, 3.8) is 0 Å². The van der Waals surface area contributed by atoms with Crippen molar-refractivity contribution < 1.29 is 18.0 Å². The third-order valence-corrected chi connectivity index (χ3v) is 4.36. The van der Waals surface area contributed by atoms with E-state index in [2.05, 4.69) is 10.4 Å². The van der Waals surface area contributed by atoms with Crippen molar-refractivity contribution in [3.05, 3.63) is 75.7 Å². The second kappa shape index (κ2) is 7.84. The monoisotopic (exact) mass is 389 g/mol. The summed E-state index contributed by atoms with van der Waals surface area (Å²) in [5, 5.41) is 8.07. The number of halogens is 3. The summed E-state index contributed by atoms with van der Waals surface area (Å²) >= 11 is 0. The Morgan fingerprint density at radius 1 is 1.07 bits per heavy atom. The quantitative estimate of drug-likeness (QED) is 0.730. The zero-order valence-corrected chi connectivity index (χ0v) is 15.1. The summed E-state index contributed by atoms with van der Waals surface area (Å²) in [5.41, 5.74) is 0.259. The van der Waals surface area contributed by atoms with Gasteiger partial charge in [-0.2, -0.15) is 18.3 Å². The fraction of sp³-hybridized carbons (Fsp3) is 0.250. The first-order chi connectivity index (χ1) is 13.3. The van der Waals surface area contributed by atoms with Crippen molar-refractivity contribution in [2.45, 2.75) is 26.1 Å². The van der Waals surface area contributed by atoms with E-state index in [0.717, 1.165) is 22.2 Å². The van der Waals surface area contributed by atoms with E-state index >= 15 is 0 Å². The minimum atomic E-state index is -4.37. The van der Waals surface area contributed by atoms with Gasteiger partial charge in [0, 0.05) is 11.9 Å². The molecule has 0 aliphatic heterocycles. The van der Waals surface area contributed by atoms with Crippen LogP contribution in [-0.4, -0.2) is 22.2 Å². The topological polar surface area (TPSA) is 64.0 Å². The SMILES string of the molecule is Cc1nn(CC(=O)NCCc2ccc(C(F)(F)F)cc2)c(=O)c2ccccc12. The lowest BCUT2D eigenvalue weighted by Crippen LogP contribution is -2.35. The molecule has 0 unspecified atom stereocenters. The first-order valence-corrected chi connectivity index (χ1v) is 8.65. The third kappa shape index (κ3) is 4.39. The molecule has 3 rings (SSSR count). The number of carbonyl (C=O) groups excluding carboxylic acids is 1. The summed E-state index contributed by atoms with van der Waals surface area (Å²) in [6.07, 6.45) is -3.99. The van der Waals surface area contributed by atoms with Crippen LogP contribution in [0.2, 0.25) is 0 Å². The van der Waals surface area contributed by atoms with Crippen LogP contribution in [0.5, 0.6) is 0 Å². The zero-order chi connectivity index (χ0) is 20.3. The standard InChI is InChI=1S/C20H18F3N3O2/c1-13-16-4-2-3-5-17(16)19(28)26(25-13)12-18(27)24-11-10-14-6-8-15(9-7-14)20(21,22)23/h2-9H,10-12H2,1H3,(H,24,27). The first kappa shape index (κ1) is 19.6. The first-order valence-electron chi connectivity index (χ1n) is 8.65. The summed E-state index contributed by atoms with van der Waals surface area (Å²) in [6.45, 7) is 1.78. The number of aryl methyl sites for hydroxylation is 1. The van der Waals surface area contributed by atoms with Gasteiger partial charge in [0.25, 0.3) is 5.56 Å². The molecule has 8 heteroatoms. The molecule has 1 N–H and O–H groups in total. The largest absolute Gasteiger partial charge is 0.416 e. The predicted molar refractivity (Wildman–Crippen MR) is 98.9 cm³/mol. The van der Waals surface area contributed by atoms with E-state index in [9.17, 15) is 22.8 Å². The summed E-state index contributed by atoms with van der Waals surface area (Å²) in [4.78, 5) is 24.6. The highest BCUT2D eigenvalue weighted by Gasteiger charge is 2.29. The Kier molecular flexibility index (Phi) is 5.48. The van der Waals surface area contributed by atoms with E-state index in [4.69, 9.17) is 0 Å². The molecule has 0 atom stereocenters. The van der Waals surface area contributed by atoms with Crippen LogP contribution in [-0.2, 0) is 23.9 Å². The number of fused-ring (bicyclic) bond motifs is 1.